The number of methoxy groups -OCH3 is 1. The van der Waals surface area contributed by atoms with E-state index in [9.17, 15) is 4.79 Å². The lowest BCUT2D eigenvalue weighted by Crippen LogP contribution is -2.04. The molecular formula is C11H13N3O2S2. The van der Waals surface area contributed by atoms with E-state index in [1.807, 2.05) is 17.0 Å². The fourth-order valence-electron chi connectivity index (χ4n) is 1.44. The van der Waals surface area contributed by atoms with Crippen molar-refractivity contribution < 1.29 is 9.53 Å². The number of aromatic nitrogens is 3. The average molecular weight is 283 g/mol. The van der Waals surface area contributed by atoms with Gasteiger partial charge in [0, 0.05) is 22.9 Å². The summed E-state index contributed by atoms with van der Waals surface area (Å²) in [6.07, 6.45) is 0. The number of esters is 1. The summed E-state index contributed by atoms with van der Waals surface area (Å²) in [6, 6.07) is 2.07. The highest BCUT2D eigenvalue weighted by Gasteiger charge is 2.13. The Labute approximate surface area is 113 Å². The molecule has 0 aromatic carbocycles. The van der Waals surface area contributed by atoms with Gasteiger partial charge in [-0.15, -0.1) is 21.5 Å². The third kappa shape index (κ3) is 2.73. The number of aryl methyl sites for hydroxylation is 1. The van der Waals surface area contributed by atoms with Crippen LogP contribution in [0, 0.1) is 6.92 Å². The van der Waals surface area contributed by atoms with Gasteiger partial charge in [-0.25, -0.2) is 0 Å². The molecule has 2 aromatic rings. The van der Waals surface area contributed by atoms with Crippen LogP contribution in [0.25, 0.3) is 11.4 Å². The van der Waals surface area contributed by atoms with E-state index in [0.29, 0.717) is 5.16 Å². The number of thiophene rings is 1. The van der Waals surface area contributed by atoms with E-state index in [2.05, 4.69) is 27.9 Å². The van der Waals surface area contributed by atoms with E-state index in [4.69, 9.17) is 0 Å². The number of hydrogen-bond donors (Lipinski definition) is 0. The quantitative estimate of drug-likeness (QED) is 0.635. The van der Waals surface area contributed by atoms with Gasteiger partial charge in [-0.2, -0.15) is 0 Å². The van der Waals surface area contributed by atoms with Crippen molar-refractivity contribution in [2.24, 2.45) is 7.05 Å². The molecule has 5 nitrogen and oxygen atoms in total. The number of ether oxygens (including phenoxy) is 1. The SMILES string of the molecule is COC(=O)CSc1nnc(-c2csc(C)c2)n1C. The molecule has 0 N–H and O–H groups in total. The summed E-state index contributed by atoms with van der Waals surface area (Å²) in [5.74, 6) is 0.785. The molecular weight excluding hydrogens is 270 g/mol. The zero-order valence-corrected chi connectivity index (χ0v) is 12.0. The van der Waals surface area contributed by atoms with Gasteiger partial charge in [-0.1, -0.05) is 11.8 Å². The minimum absolute atomic E-state index is 0.241. The minimum Gasteiger partial charge on any atom is -0.468 e. The van der Waals surface area contributed by atoms with Crippen molar-refractivity contribution in [1.82, 2.24) is 14.8 Å². The van der Waals surface area contributed by atoms with Crippen LogP contribution in [0.4, 0.5) is 0 Å². The molecule has 0 spiro atoms. The highest BCUT2D eigenvalue weighted by atomic mass is 32.2. The lowest BCUT2D eigenvalue weighted by molar-refractivity contribution is -0.137. The molecule has 96 valence electrons. The number of rotatable bonds is 4. The summed E-state index contributed by atoms with van der Waals surface area (Å²) >= 11 is 3.00. The Morgan fingerprint density at radius 1 is 1.56 bits per heavy atom. The molecule has 0 amide bonds. The standard InChI is InChI=1S/C11H13N3O2S2/c1-7-4-8(5-17-7)10-12-13-11(14(10)2)18-6-9(15)16-3/h4-5H,6H2,1-3H3. The molecule has 0 saturated carbocycles. The molecule has 0 saturated heterocycles. The van der Waals surface area contributed by atoms with Crippen molar-refractivity contribution in [2.45, 2.75) is 12.1 Å². The summed E-state index contributed by atoms with van der Waals surface area (Å²) in [7, 11) is 3.26. The highest BCUT2D eigenvalue weighted by molar-refractivity contribution is 7.99. The molecule has 0 atom stereocenters. The number of nitrogens with zero attached hydrogens (tertiary/aromatic N) is 3. The van der Waals surface area contributed by atoms with Crippen molar-refractivity contribution in [1.29, 1.82) is 0 Å². The molecule has 18 heavy (non-hydrogen) atoms. The maximum absolute atomic E-state index is 11.1. The van der Waals surface area contributed by atoms with Gasteiger partial charge < -0.3 is 9.30 Å². The van der Waals surface area contributed by atoms with Gasteiger partial charge in [0.2, 0.25) is 0 Å². The molecule has 2 heterocycles. The third-order valence-corrected chi connectivity index (χ3v) is 4.23. The Bertz CT molecular complexity index is 562. The van der Waals surface area contributed by atoms with E-state index >= 15 is 0 Å². The molecule has 7 heteroatoms. The van der Waals surface area contributed by atoms with Crippen LogP contribution in [0.1, 0.15) is 4.88 Å². The van der Waals surface area contributed by atoms with Gasteiger partial charge >= 0.3 is 5.97 Å². The Morgan fingerprint density at radius 2 is 2.33 bits per heavy atom. The highest BCUT2D eigenvalue weighted by Crippen LogP contribution is 2.26. The first kappa shape index (κ1) is 13.1. The van der Waals surface area contributed by atoms with Crippen molar-refractivity contribution in [3.8, 4) is 11.4 Å². The number of thioether (sulfide) groups is 1. The second-order valence-electron chi connectivity index (χ2n) is 3.68. The van der Waals surface area contributed by atoms with Crippen LogP contribution in [-0.4, -0.2) is 33.6 Å². The van der Waals surface area contributed by atoms with Crippen molar-refractivity contribution in [3.63, 3.8) is 0 Å². The number of carbonyl (C=O) groups is 1. The zero-order chi connectivity index (χ0) is 13.1. The van der Waals surface area contributed by atoms with E-state index in [0.717, 1.165) is 11.4 Å². The summed E-state index contributed by atoms with van der Waals surface area (Å²) in [6.45, 7) is 2.05. The van der Waals surface area contributed by atoms with Gasteiger partial charge in [0.25, 0.3) is 0 Å². The smallest absolute Gasteiger partial charge is 0.316 e. The van der Waals surface area contributed by atoms with Crippen molar-refractivity contribution in [3.05, 3.63) is 16.3 Å². The lowest BCUT2D eigenvalue weighted by Gasteiger charge is -2.01. The summed E-state index contributed by atoms with van der Waals surface area (Å²) in [5, 5.41) is 11.0. The van der Waals surface area contributed by atoms with E-state index < -0.39 is 0 Å². The first-order chi connectivity index (χ1) is 8.61. The summed E-state index contributed by atoms with van der Waals surface area (Å²) < 4.78 is 6.48. The first-order valence-electron chi connectivity index (χ1n) is 5.26. The second-order valence-corrected chi connectivity index (χ2v) is 5.73. The molecule has 0 aliphatic heterocycles. The summed E-state index contributed by atoms with van der Waals surface area (Å²) in [4.78, 5) is 12.3. The van der Waals surface area contributed by atoms with Crippen molar-refractivity contribution in [2.75, 3.05) is 12.9 Å². The maximum atomic E-state index is 11.1. The van der Waals surface area contributed by atoms with E-state index in [1.165, 1.54) is 23.7 Å². The fraction of sp³-hybridized carbons (Fsp3) is 0.364. The molecule has 0 fully saturated rings. The van der Waals surface area contributed by atoms with Crippen LogP contribution in [0.2, 0.25) is 0 Å². The lowest BCUT2D eigenvalue weighted by atomic mass is 10.3. The molecule has 0 radical (unpaired) electrons. The van der Waals surface area contributed by atoms with Crippen LogP contribution in [0.5, 0.6) is 0 Å². The number of carbonyl (C=O) groups excluding carboxylic acids is 1. The zero-order valence-electron chi connectivity index (χ0n) is 10.3. The van der Waals surface area contributed by atoms with Gasteiger partial charge in [-0.05, 0) is 13.0 Å². The maximum Gasteiger partial charge on any atom is 0.316 e. The topological polar surface area (TPSA) is 57.0 Å². The molecule has 0 aliphatic carbocycles. The van der Waals surface area contributed by atoms with Crippen LogP contribution in [-0.2, 0) is 16.6 Å². The van der Waals surface area contributed by atoms with Crippen LogP contribution in [0.15, 0.2) is 16.6 Å². The van der Waals surface area contributed by atoms with Gasteiger partial charge in [0.05, 0.1) is 12.9 Å². The van der Waals surface area contributed by atoms with Crippen LogP contribution >= 0.6 is 23.1 Å². The largest absolute Gasteiger partial charge is 0.468 e. The van der Waals surface area contributed by atoms with E-state index in [1.54, 1.807) is 11.3 Å². The van der Waals surface area contributed by atoms with Crippen LogP contribution in [0.3, 0.4) is 0 Å². The molecule has 0 unspecified atom stereocenters. The Kier molecular flexibility index (Phi) is 4.03. The minimum atomic E-state index is -0.268. The molecule has 0 aliphatic rings. The first-order valence-corrected chi connectivity index (χ1v) is 7.13. The van der Waals surface area contributed by atoms with Gasteiger partial charge in [0.1, 0.15) is 0 Å². The number of hydrogen-bond acceptors (Lipinski definition) is 6. The van der Waals surface area contributed by atoms with Gasteiger partial charge in [-0.3, -0.25) is 4.79 Å². The predicted molar refractivity (Wildman–Crippen MR) is 71.8 cm³/mol. The average Bonchev–Trinajstić information content (AvgIpc) is 2.93. The van der Waals surface area contributed by atoms with Gasteiger partial charge in [0.15, 0.2) is 11.0 Å². The molecule has 2 rings (SSSR count). The van der Waals surface area contributed by atoms with E-state index in [-0.39, 0.29) is 11.7 Å². The van der Waals surface area contributed by atoms with Crippen molar-refractivity contribution >= 4 is 29.1 Å². The van der Waals surface area contributed by atoms with Crippen LogP contribution < -0.4 is 0 Å². The molecule has 2 aromatic heterocycles. The Balaban J connectivity index is 2.16. The second kappa shape index (κ2) is 5.53. The normalized spacial score (nSPS) is 10.6. The summed E-state index contributed by atoms with van der Waals surface area (Å²) in [5.41, 5.74) is 1.05. The third-order valence-electron chi connectivity index (χ3n) is 2.37. The fourth-order valence-corrected chi connectivity index (χ4v) is 2.86. The monoisotopic (exact) mass is 283 g/mol. The Morgan fingerprint density at radius 3 is 2.94 bits per heavy atom. The molecule has 0 bridgehead atoms. The predicted octanol–water partition coefficient (Wildman–Crippen LogP) is 2.12. The Hall–Kier alpha value is -1.34.